The monoisotopic (exact) mass is 350 g/mol. The van der Waals surface area contributed by atoms with E-state index in [1.165, 1.54) is 6.92 Å². The van der Waals surface area contributed by atoms with Crippen molar-refractivity contribution >= 4 is 11.8 Å². The van der Waals surface area contributed by atoms with Gasteiger partial charge in [-0.2, -0.15) is 0 Å². The third-order valence-corrected chi connectivity index (χ3v) is 4.83. The number of hydrogen-bond donors (Lipinski definition) is 1. The Kier molecular flexibility index (Phi) is 5.33. The summed E-state index contributed by atoms with van der Waals surface area (Å²) in [5, 5.41) is 11.5. The van der Waals surface area contributed by atoms with Gasteiger partial charge in [0.15, 0.2) is 5.78 Å². The summed E-state index contributed by atoms with van der Waals surface area (Å²) >= 11 is 0. The maximum Gasteiger partial charge on any atom is 0.302 e. The average Bonchev–Trinajstić information content (AvgIpc) is 2.67. The van der Waals surface area contributed by atoms with E-state index in [1.807, 2.05) is 42.5 Å². The van der Waals surface area contributed by atoms with Crippen LogP contribution in [0.4, 0.5) is 0 Å². The molecule has 3 atom stereocenters. The Labute approximate surface area is 153 Å². The topological polar surface area (TPSA) is 63.6 Å². The van der Waals surface area contributed by atoms with E-state index >= 15 is 0 Å². The number of ketones is 1. The standard InChI is InChI=1S/C22H22O4/c1-16(23)26-15-18-11-8-14-22(25,19-12-6-3-7-13-19)20(18)21(24)17-9-4-2-5-10-17/h2-10,12-14,18,20,25H,11,15H2,1H3/t18-,20+,22-/m0/s1. The highest BCUT2D eigenvalue weighted by Gasteiger charge is 2.47. The third-order valence-electron chi connectivity index (χ3n) is 4.83. The molecule has 3 rings (SSSR count). The number of rotatable bonds is 5. The van der Waals surface area contributed by atoms with E-state index in [2.05, 4.69) is 0 Å². The normalized spacial score (nSPS) is 24.8. The summed E-state index contributed by atoms with van der Waals surface area (Å²) in [6, 6.07) is 18.1. The lowest BCUT2D eigenvalue weighted by molar-refractivity contribution is -0.144. The van der Waals surface area contributed by atoms with Gasteiger partial charge in [-0.1, -0.05) is 72.8 Å². The first-order valence-electron chi connectivity index (χ1n) is 8.70. The third kappa shape index (κ3) is 3.60. The maximum atomic E-state index is 13.3. The molecule has 2 aromatic rings. The second kappa shape index (κ2) is 7.67. The zero-order chi connectivity index (χ0) is 18.6. The van der Waals surface area contributed by atoms with Crippen LogP contribution in [0.15, 0.2) is 72.8 Å². The SMILES string of the molecule is CC(=O)OC[C@@H]1CC=C[C@](O)(c2ccccc2)[C@H]1C(=O)c1ccccc1. The summed E-state index contributed by atoms with van der Waals surface area (Å²) in [4.78, 5) is 24.6. The lowest BCUT2D eigenvalue weighted by Crippen LogP contribution is -2.46. The first-order chi connectivity index (χ1) is 12.5. The number of allylic oxidation sites excluding steroid dienone is 1. The van der Waals surface area contributed by atoms with Gasteiger partial charge >= 0.3 is 5.97 Å². The summed E-state index contributed by atoms with van der Waals surface area (Å²) in [5.74, 6) is -1.59. The fraction of sp³-hybridized carbons (Fsp3) is 0.273. The molecule has 0 aromatic heterocycles. The van der Waals surface area contributed by atoms with Gasteiger partial charge in [0, 0.05) is 18.4 Å². The molecule has 1 aliphatic rings. The molecule has 4 heteroatoms. The predicted octanol–water partition coefficient (Wildman–Crippen LogP) is 3.51. The molecule has 0 spiro atoms. The summed E-state index contributed by atoms with van der Waals surface area (Å²) in [7, 11) is 0. The minimum atomic E-state index is -1.45. The van der Waals surface area contributed by atoms with Crippen LogP contribution >= 0.6 is 0 Å². The number of carbonyl (C=O) groups is 2. The second-order valence-corrected chi connectivity index (χ2v) is 6.60. The smallest absolute Gasteiger partial charge is 0.302 e. The maximum absolute atomic E-state index is 13.3. The molecule has 0 heterocycles. The van der Waals surface area contributed by atoms with Gasteiger partial charge in [0.1, 0.15) is 5.60 Å². The van der Waals surface area contributed by atoms with E-state index < -0.39 is 17.5 Å². The molecule has 0 saturated heterocycles. The first kappa shape index (κ1) is 18.1. The van der Waals surface area contributed by atoms with E-state index in [0.717, 1.165) is 0 Å². The number of benzene rings is 2. The highest BCUT2D eigenvalue weighted by Crippen LogP contribution is 2.43. The Morgan fingerprint density at radius 3 is 2.31 bits per heavy atom. The zero-order valence-electron chi connectivity index (χ0n) is 14.7. The molecular weight excluding hydrogens is 328 g/mol. The second-order valence-electron chi connectivity index (χ2n) is 6.60. The highest BCUT2D eigenvalue weighted by atomic mass is 16.5. The Balaban J connectivity index is 2.04. The van der Waals surface area contributed by atoms with Crippen molar-refractivity contribution in [2.45, 2.75) is 18.9 Å². The van der Waals surface area contributed by atoms with Crippen molar-refractivity contribution in [3.8, 4) is 0 Å². The summed E-state index contributed by atoms with van der Waals surface area (Å²) in [6.45, 7) is 1.44. The van der Waals surface area contributed by atoms with Crippen molar-refractivity contribution in [3.63, 3.8) is 0 Å². The van der Waals surface area contributed by atoms with Crippen molar-refractivity contribution in [1.29, 1.82) is 0 Å². The quantitative estimate of drug-likeness (QED) is 0.509. The van der Waals surface area contributed by atoms with Crippen LogP contribution in [-0.2, 0) is 15.1 Å². The molecule has 0 aliphatic heterocycles. The molecule has 0 amide bonds. The van der Waals surface area contributed by atoms with Crippen molar-refractivity contribution < 1.29 is 19.4 Å². The molecule has 0 saturated carbocycles. The van der Waals surface area contributed by atoms with E-state index in [0.29, 0.717) is 17.5 Å². The van der Waals surface area contributed by atoms with Crippen LogP contribution in [-0.4, -0.2) is 23.5 Å². The van der Waals surface area contributed by atoms with Gasteiger partial charge in [-0.25, -0.2) is 0 Å². The first-order valence-corrected chi connectivity index (χ1v) is 8.70. The average molecular weight is 350 g/mol. The number of Topliss-reactive ketones (excluding diaryl/α,β-unsaturated/α-hetero) is 1. The molecule has 2 aromatic carbocycles. The van der Waals surface area contributed by atoms with Crippen molar-refractivity contribution in [2.75, 3.05) is 6.61 Å². The van der Waals surface area contributed by atoms with Crippen LogP contribution in [0, 0.1) is 11.8 Å². The Morgan fingerprint density at radius 2 is 1.69 bits per heavy atom. The Hall–Kier alpha value is -2.72. The molecule has 0 fully saturated rings. The molecule has 1 aliphatic carbocycles. The predicted molar refractivity (Wildman–Crippen MR) is 98.5 cm³/mol. The van der Waals surface area contributed by atoms with Crippen LogP contribution in [0.5, 0.6) is 0 Å². The van der Waals surface area contributed by atoms with Gasteiger partial charge in [0.25, 0.3) is 0 Å². The Bertz CT molecular complexity index is 797. The minimum Gasteiger partial charge on any atom is -0.466 e. The summed E-state index contributed by atoms with van der Waals surface area (Å²) < 4.78 is 5.19. The fourth-order valence-electron chi connectivity index (χ4n) is 3.59. The zero-order valence-corrected chi connectivity index (χ0v) is 14.7. The molecule has 1 N–H and O–H groups in total. The molecule has 0 bridgehead atoms. The van der Waals surface area contributed by atoms with Crippen LogP contribution in [0.1, 0.15) is 29.3 Å². The molecule has 0 radical (unpaired) electrons. The lowest BCUT2D eigenvalue weighted by Gasteiger charge is -2.40. The lowest BCUT2D eigenvalue weighted by atomic mass is 9.67. The highest BCUT2D eigenvalue weighted by molar-refractivity contribution is 5.99. The molecule has 0 unspecified atom stereocenters. The van der Waals surface area contributed by atoms with Gasteiger partial charge in [-0.3, -0.25) is 9.59 Å². The van der Waals surface area contributed by atoms with E-state index in [-0.39, 0.29) is 18.3 Å². The summed E-state index contributed by atoms with van der Waals surface area (Å²) in [5.41, 5.74) is -0.259. The fourth-order valence-corrected chi connectivity index (χ4v) is 3.59. The van der Waals surface area contributed by atoms with Crippen molar-refractivity contribution in [2.24, 2.45) is 11.8 Å². The molecule has 4 nitrogen and oxygen atoms in total. The van der Waals surface area contributed by atoms with Crippen LogP contribution in [0.25, 0.3) is 0 Å². The number of carbonyl (C=O) groups excluding carboxylic acids is 2. The van der Waals surface area contributed by atoms with Gasteiger partial charge in [-0.05, 0) is 12.0 Å². The van der Waals surface area contributed by atoms with Crippen molar-refractivity contribution in [1.82, 2.24) is 0 Å². The van der Waals surface area contributed by atoms with E-state index in [9.17, 15) is 14.7 Å². The molecular formula is C22H22O4. The Morgan fingerprint density at radius 1 is 1.08 bits per heavy atom. The molecule has 134 valence electrons. The van der Waals surface area contributed by atoms with Gasteiger partial charge in [0.05, 0.1) is 12.5 Å². The number of hydrogen-bond acceptors (Lipinski definition) is 4. The number of esters is 1. The largest absolute Gasteiger partial charge is 0.466 e. The minimum absolute atomic E-state index is 0.0953. The van der Waals surface area contributed by atoms with Crippen molar-refractivity contribution in [3.05, 3.63) is 83.9 Å². The summed E-state index contributed by atoms with van der Waals surface area (Å²) in [6.07, 6.45) is 4.11. The number of ether oxygens (including phenoxy) is 1. The van der Waals surface area contributed by atoms with Gasteiger partial charge in [-0.15, -0.1) is 0 Å². The van der Waals surface area contributed by atoms with E-state index in [4.69, 9.17) is 4.74 Å². The van der Waals surface area contributed by atoms with Crippen LogP contribution < -0.4 is 0 Å². The van der Waals surface area contributed by atoms with E-state index in [1.54, 1.807) is 30.3 Å². The van der Waals surface area contributed by atoms with Crippen LogP contribution in [0.2, 0.25) is 0 Å². The number of aliphatic hydroxyl groups is 1. The van der Waals surface area contributed by atoms with Gasteiger partial charge < -0.3 is 9.84 Å². The van der Waals surface area contributed by atoms with Crippen LogP contribution in [0.3, 0.4) is 0 Å². The van der Waals surface area contributed by atoms with Gasteiger partial charge in [0.2, 0.25) is 0 Å². The molecule has 26 heavy (non-hydrogen) atoms.